The molecule has 102 valence electrons. The van der Waals surface area contributed by atoms with Crippen molar-refractivity contribution in [3.63, 3.8) is 0 Å². The van der Waals surface area contributed by atoms with Crippen molar-refractivity contribution in [2.75, 3.05) is 19.6 Å². The van der Waals surface area contributed by atoms with Gasteiger partial charge in [0.05, 0.1) is 4.90 Å². The highest BCUT2D eigenvalue weighted by Crippen LogP contribution is 2.20. The van der Waals surface area contributed by atoms with Crippen LogP contribution in [0.5, 0.6) is 0 Å². The Morgan fingerprint density at radius 3 is 2.78 bits per heavy atom. The smallest absolute Gasteiger partial charge is 0.243 e. The molecular formula is C11H16BrClN2O2S. The van der Waals surface area contributed by atoms with Crippen LogP contribution in [0.25, 0.3) is 0 Å². The number of nitrogens with one attached hydrogen (secondary N) is 1. The number of piperazine rings is 1. The summed E-state index contributed by atoms with van der Waals surface area (Å²) in [6, 6.07) is 7.03. The van der Waals surface area contributed by atoms with E-state index in [-0.39, 0.29) is 18.4 Å². The van der Waals surface area contributed by atoms with Crippen LogP contribution in [-0.2, 0) is 10.0 Å². The van der Waals surface area contributed by atoms with Crippen molar-refractivity contribution in [3.8, 4) is 0 Å². The quantitative estimate of drug-likeness (QED) is 0.881. The number of hydrogen-bond donors (Lipinski definition) is 1. The van der Waals surface area contributed by atoms with Crippen molar-refractivity contribution >= 4 is 38.4 Å². The first-order chi connectivity index (χ1) is 8.00. The van der Waals surface area contributed by atoms with Gasteiger partial charge in [0.25, 0.3) is 0 Å². The van der Waals surface area contributed by atoms with Gasteiger partial charge in [-0.3, -0.25) is 0 Å². The molecule has 7 heteroatoms. The number of hydrogen-bond acceptors (Lipinski definition) is 3. The Balaban J connectivity index is 0.00000162. The molecule has 1 aliphatic rings. The first-order valence-corrected chi connectivity index (χ1v) is 7.72. The van der Waals surface area contributed by atoms with E-state index in [1.54, 1.807) is 18.2 Å². The van der Waals surface area contributed by atoms with Gasteiger partial charge in [0.15, 0.2) is 0 Å². The predicted molar refractivity (Wildman–Crippen MR) is 77.6 cm³/mol. The van der Waals surface area contributed by atoms with Crippen molar-refractivity contribution in [2.24, 2.45) is 0 Å². The molecule has 2 rings (SSSR count). The molecule has 1 atom stereocenters. The highest BCUT2D eigenvalue weighted by molar-refractivity contribution is 9.10. The SMILES string of the molecule is C[C@H]1CN(S(=O)(=O)c2cccc(Br)c2)CCN1.Cl. The van der Waals surface area contributed by atoms with Gasteiger partial charge < -0.3 is 5.32 Å². The van der Waals surface area contributed by atoms with E-state index >= 15 is 0 Å². The van der Waals surface area contributed by atoms with Crippen LogP contribution in [0, 0.1) is 0 Å². The molecule has 0 aliphatic carbocycles. The maximum absolute atomic E-state index is 12.4. The molecule has 0 unspecified atom stereocenters. The van der Waals surface area contributed by atoms with Crippen LogP contribution in [0.2, 0.25) is 0 Å². The third-order valence-electron chi connectivity index (χ3n) is 2.77. The zero-order chi connectivity index (χ0) is 12.5. The molecule has 4 nitrogen and oxygen atoms in total. The van der Waals surface area contributed by atoms with E-state index in [2.05, 4.69) is 21.2 Å². The molecule has 0 radical (unpaired) electrons. The predicted octanol–water partition coefficient (Wildman–Crippen LogP) is 1.85. The lowest BCUT2D eigenvalue weighted by molar-refractivity contribution is 0.310. The summed E-state index contributed by atoms with van der Waals surface area (Å²) < 4.78 is 27.0. The van der Waals surface area contributed by atoms with Crippen LogP contribution in [0.15, 0.2) is 33.6 Å². The second-order valence-corrected chi connectivity index (χ2v) is 7.03. The van der Waals surface area contributed by atoms with Crippen LogP contribution in [0.1, 0.15) is 6.92 Å². The highest BCUT2D eigenvalue weighted by Gasteiger charge is 2.28. The van der Waals surface area contributed by atoms with Crippen molar-refractivity contribution in [1.29, 1.82) is 0 Å². The molecular weight excluding hydrogens is 340 g/mol. The standard InChI is InChI=1S/C11H15BrN2O2S.ClH/c1-9-8-14(6-5-13-9)17(15,16)11-4-2-3-10(12)7-11;/h2-4,7,9,13H,5-6,8H2,1H3;1H/t9-;/m0./s1. The van der Waals surface area contributed by atoms with Crippen molar-refractivity contribution in [1.82, 2.24) is 9.62 Å². The largest absolute Gasteiger partial charge is 0.312 e. The molecule has 1 saturated heterocycles. The number of benzene rings is 1. The van der Waals surface area contributed by atoms with Crippen molar-refractivity contribution in [3.05, 3.63) is 28.7 Å². The minimum Gasteiger partial charge on any atom is -0.312 e. The topological polar surface area (TPSA) is 49.4 Å². The fourth-order valence-electron chi connectivity index (χ4n) is 1.89. The Bertz CT molecular complexity index is 510. The lowest BCUT2D eigenvalue weighted by Crippen LogP contribution is -2.51. The Morgan fingerprint density at radius 1 is 1.44 bits per heavy atom. The Hall–Kier alpha value is -0.140. The van der Waals surface area contributed by atoms with Gasteiger partial charge in [-0.15, -0.1) is 12.4 Å². The molecule has 0 spiro atoms. The van der Waals surface area contributed by atoms with Gasteiger partial charge in [0.2, 0.25) is 10.0 Å². The molecule has 1 N–H and O–H groups in total. The molecule has 1 heterocycles. The van der Waals surface area contributed by atoms with Crippen LogP contribution in [-0.4, -0.2) is 38.4 Å². The zero-order valence-corrected chi connectivity index (χ0v) is 13.2. The normalized spacial score (nSPS) is 21.3. The van der Waals surface area contributed by atoms with Gasteiger partial charge in [-0.2, -0.15) is 4.31 Å². The third-order valence-corrected chi connectivity index (χ3v) is 5.12. The van der Waals surface area contributed by atoms with Crippen molar-refractivity contribution < 1.29 is 8.42 Å². The van der Waals surface area contributed by atoms with E-state index in [0.717, 1.165) is 4.47 Å². The summed E-state index contributed by atoms with van der Waals surface area (Å²) in [5.74, 6) is 0. The molecule has 1 aromatic rings. The summed E-state index contributed by atoms with van der Waals surface area (Å²) >= 11 is 3.30. The summed E-state index contributed by atoms with van der Waals surface area (Å²) in [4.78, 5) is 0.348. The minimum absolute atomic E-state index is 0. The van der Waals surface area contributed by atoms with Gasteiger partial charge in [0.1, 0.15) is 0 Å². The van der Waals surface area contributed by atoms with Crippen LogP contribution in [0.4, 0.5) is 0 Å². The van der Waals surface area contributed by atoms with Gasteiger partial charge in [-0.25, -0.2) is 8.42 Å². The second-order valence-electron chi connectivity index (χ2n) is 4.18. The molecule has 1 aliphatic heterocycles. The monoisotopic (exact) mass is 354 g/mol. The van der Waals surface area contributed by atoms with Crippen LogP contribution >= 0.6 is 28.3 Å². The van der Waals surface area contributed by atoms with E-state index in [4.69, 9.17) is 0 Å². The summed E-state index contributed by atoms with van der Waals surface area (Å²) in [5.41, 5.74) is 0. The molecule has 0 amide bonds. The lowest BCUT2D eigenvalue weighted by Gasteiger charge is -2.31. The van der Waals surface area contributed by atoms with Crippen molar-refractivity contribution in [2.45, 2.75) is 17.9 Å². The summed E-state index contributed by atoms with van der Waals surface area (Å²) in [5, 5.41) is 3.23. The average Bonchev–Trinajstić information content (AvgIpc) is 2.29. The van der Waals surface area contributed by atoms with Crippen LogP contribution < -0.4 is 5.32 Å². The van der Waals surface area contributed by atoms with E-state index in [1.165, 1.54) is 4.31 Å². The Labute approximate surface area is 122 Å². The zero-order valence-electron chi connectivity index (χ0n) is 9.97. The van der Waals surface area contributed by atoms with E-state index in [0.29, 0.717) is 24.5 Å². The summed E-state index contributed by atoms with van der Waals surface area (Å²) in [7, 11) is -3.35. The molecule has 0 saturated carbocycles. The fraction of sp³-hybridized carbons (Fsp3) is 0.455. The number of halogens is 2. The second kappa shape index (κ2) is 6.34. The van der Waals surface area contributed by atoms with Gasteiger partial charge in [0, 0.05) is 30.1 Å². The molecule has 0 bridgehead atoms. The maximum Gasteiger partial charge on any atom is 0.243 e. The third kappa shape index (κ3) is 3.45. The number of nitrogens with zero attached hydrogens (tertiary/aromatic N) is 1. The minimum atomic E-state index is -3.35. The average molecular weight is 356 g/mol. The molecule has 1 fully saturated rings. The lowest BCUT2D eigenvalue weighted by atomic mass is 10.3. The van der Waals surface area contributed by atoms with E-state index in [9.17, 15) is 8.42 Å². The Morgan fingerprint density at radius 2 is 2.17 bits per heavy atom. The summed E-state index contributed by atoms with van der Waals surface area (Å²) in [6.45, 7) is 3.74. The molecule has 1 aromatic carbocycles. The van der Waals surface area contributed by atoms with E-state index in [1.807, 2.05) is 13.0 Å². The fourth-order valence-corrected chi connectivity index (χ4v) is 4.02. The maximum atomic E-state index is 12.4. The highest BCUT2D eigenvalue weighted by atomic mass is 79.9. The van der Waals surface area contributed by atoms with Gasteiger partial charge >= 0.3 is 0 Å². The van der Waals surface area contributed by atoms with E-state index < -0.39 is 10.0 Å². The Kier molecular flexibility index (Phi) is 5.61. The number of rotatable bonds is 2. The first kappa shape index (κ1) is 15.9. The number of sulfonamides is 1. The van der Waals surface area contributed by atoms with Crippen LogP contribution in [0.3, 0.4) is 0 Å². The molecule has 18 heavy (non-hydrogen) atoms. The molecule has 0 aromatic heterocycles. The first-order valence-electron chi connectivity index (χ1n) is 5.49. The summed E-state index contributed by atoms with van der Waals surface area (Å²) in [6.07, 6.45) is 0. The van der Waals surface area contributed by atoms with Gasteiger partial charge in [-0.1, -0.05) is 22.0 Å². The van der Waals surface area contributed by atoms with Gasteiger partial charge in [-0.05, 0) is 25.1 Å².